The standard InChI is InChI=1S/C13H14N4O5S/c14-7-11(18)16-9-3-1-8(2-4-9)10-5-6-17(23(15,21)22)12(10)13(19)20/h1-6H,7,14H2,(H,16,18)(H,19,20)(H2,15,21,22). The fourth-order valence-electron chi connectivity index (χ4n) is 2.01. The molecule has 2 aromatic rings. The van der Waals surface area contributed by atoms with Gasteiger partial charge < -0.3 is 16.2 Å². The number of nitrogens with one attached hydrogen (secondary N) is 1. The summed E-state index contributed by atoms with van der Waals surface area (Å²) in [5.41, 5.74) is 5.84. The van der Waals surface area contributed by atoms with Crippen LogP contribution in [0.1, 0.15) is 10.5 Å². The number of hydrogen-bond donors (Lipinski definition) is 4. The zero-order chi connectivity index (χ0) is 17.2. The van der Waals surface area contributed by atoms with Crippen LogP contribution >= 0.6 is 0 Å². The second kappa shape index (κ2) is 6.20. The van der Waals surface area contributed by atoms with Gasteiger partial charge in [0.05, 0.1) is 6.54 Å². The van der Waals surface area contributed by atoms with E-state index in [1.165, 1.54) is 6.07 Å². The molecule has 9 nitrogen and oxygen atoms in total. The predicted molar refractivity (Wildman–Crippen MR) is 83.0 cm³/mol. The van der Waals surface area contributed by atoms with Crippen LogP contribution in [0.4, 0.5) is 5.69 Å². The Morgan fingerprint density at radius 2 is 1.78 bits per heavy atom. The third kappa shape index (κ3) is 3.56. The van der Waals surface area contributed by atoms with Crippen LogP contribution in [-0.4, -0.2) is 35.9 Å². The summed E-state index contributed by atoms with van der Waals surface area (Å²) in [5, 5.41) is 16.8. The van der Waals surface area contributed by atoms with Crippen molar-refractivity contribution in [1.82, 2.24) is 3.97 Å². The molecule has 0 saturated carbocycles. The first-order valence-electron chi connectivity index (χ1n) is 6.32. The van der Waals surface area contributed by atoms with E-state index >= 15 is 0 Å². The van der Waals surface area contributed by atoms with Gasteiger partial charge in [-0.15, -0.1) is 0 Å². The van der Waals surface area contributed by atoms with Gasteiger partial charge in [0.2, 0.25) is 5.91 Å². The summed E-state index contributed by atoms with van der Waals surface area (Å²) in [6, 6.07) is 7.51. The number of rotatable bonds is 5. The van der Waals surface area contributed by atoms with Crippen LogP contribution in [-0.2, 0) is 15.0 Å². The summed E-state index contributed by atoms with van der Waals surface area (Å²) in [5.74, 6) is -1.80. The molecule has 122 valence electrons. The van der Waals surface area contributed by atoms with Gasteiger partial charge in [0.1, 0.15) is 0 Å². The van der Waals surface area contributed by atoms with Crippen LogP contribution in [0.15, 0.2) is 36.5 Å². The Bertz CT molecular complexity index is 855. The fraction of sp³-hybridized carbons (Fsp3) is 0.0769. The Hall–Kier alpha value is -2.69. The van der Waals surface area contributed by atoms with E-state index in [4.69, 9.17) is 10.9 Å². The van der Waals surface area contributed by atoms with Crippen molar-refractivity contribution in [1.29, 1.82) is 0 Å². The summed E-state index contributed by atoms with van der Waals surface area (Å²) >= 11 is 0. The third-order valence-electron chi connectivity index (χ3n) is 2.99. The van der Waals surface area contributed by atoms with Gasteiger partial charge in [0, 0.05) is 17.4 Å². The number of carbonyl (C=O) groups excluding carboxylic acids is 1. The Morgan fingerprint density at radius 3 is 2.26 bits per heavy atom. The van der Waals surface area contributed by atoms with Crippen LogP contribution in [0.2, 0.25) is 0 Å². The molecular weight excluding hydrogens is 324 g/mol. The number of nitrogens with zero attached hydrogens (tertiary/aromatic N) is 1. The first-order valence-corrected chi connectivity index (χ1v) is 7.82. The molecule has 0 bridgehead atoms. The molecule has 6 N–H and O–H groups in total. The first kappa shape index (κ1) is 16.7. The fourth-order valence-corrected chi connectivity index (χ4v) is 2.68. The van der Waals surface area contributed by atoms with E-state index in [-0.39, 0.29) is 18.0 Å². The van der Waals surface area contributed by atoms with Gasteiger partial charge in [-0.1, -0.05) is 12.1 Å². The second-order valence-corrected chi connectivity index (χ2v) is 5.98. The average Bonchev–Trinajstić information content (AvgIpc) is 2.93. The molecule has 0 radical (unpaired) electrons. The predicted octanol–water partition coefficient (Wildman–Crippen LogP) is -0.198. The SMILES string of the molecule is NCC(=O)Nc1ccc(-c2ccn(S(N)(=O)=O)c2C(=O)O)cc1. The van der Waals surface area contributed by atoms with Crippen molar-refractivity contribution < 1.29 is 23.1 Å². The molecule has 0 spiro atoms. The molecule has 0 aliphatic heterocycles. The maximum absolute atomic E-state index is 11.4. The van der Waals surface area contributed by atoms with E-state index in [1.807, 2.05) is 0 Å². The molecule has 1 heterocycles. The number of benzene rings is 1. The maximum Gasteiger partial charge on any atom is 0.354 e. The quantitative estimate of drug-likeness (QED) is 0.591. The molecule has 1 amide bonds. The normalized spacial score (nSPS) is 11.2. The van der Waals surface area contributed by atoms with Crippen molar-refractivity contribution in [3.63, 3.8) is 0 Å². The highest BCUT2D eigenvalue weighted by molar-refractivity contribution is 7.87. The van der Waals surface area contributed by atoms with E-state index in [9.17, 15) is 23.1 Å². The Labute approximate surface area is 131 Å². The minimum atomic E-state index is -4.23. The van der Waals surface area contributed by atoms with Crippen molar-refractivity contribution >= 4 is 27.8 Å². The molecule has 2 rings (SSSR count). The lowest BCUT2D eigenvalue weighted by atomic mass is 10.1. The van der Waals surface area contributed by atoms with Crippen molar-refractivity contribution in [3.05, 3.63) is 42.2 Å². The lowest BCUT2D eigenvalue weighted by molar-refractivity contribution is -0.114. The van der Waals surface area contributed by atoms with Crippen LogP contribution in [0.3, 0.4) is 0 Å². The van der Waals surface area contributed by atoms with Gasteiger partial charge in [-0.3, -0.25) is 4.79 Å². The molecule has 1 aromatic carbocycles. The smallest absolute Gasteiger partial charge is 0.354 e. The van der Waals surface area contributed by atoms with E-state index in [0.29, 0.717) is 15.2 Å². The van der Waals surface area contributed by atoms with Crippen LogP contribution in [0.5, 0.6) is 0 Å². The topological polar surface area (TPSA) is 158 Å². The van der Waals surface area contributed by atoms with Gasteiger partial charge in [0.15, 0.2) is 5.69 Å². The highest BCUT2D eigenvalue weighted by atomic mass is 32.2. The molecule has 1 aromatic heterocycles. The van der Waals surface area contributed by atoms with E-state index < -0.39 is 21.9 Å². The van der Waals surface area contributed by atoms with E-state index in [2.05, 4.69) is 5.32 Å². The highest BCUT2D eigenvalue weighted by Crippen LogP contribution is 2.27. The van der Waals surface area contributed by atoms with Crippen molar-refractivity contribution in [3.8, 4) is 11.1 Å². The monoisotopic (exact) mass is 338 g/mol. The molecule has 0 atom stereocenters. The number of amides is 1. The molecule has 0 saturated heterocycles. The van der Waals surface area contributed by atoms with E-state index in [1.54, 1.807) is 24.3 Å². The Balaban J connectivity index is 2.45. The van der Waals surface area contributed by atoms with Crippen LogP contribution < -0.4 is 16.2 Å². The average molecular weight is 338 g/mol. The van der Waals surface area contributed by atoms with Crippen LogP contribution in [0, 0.1) is 0 Å². The molecule has 0 aliphatic carbocycles. The Kier molecular flexibility index (Phi) is 4.50. The number of hydrogen-bond acceptors (Lipinski definition) is 5. The summed E-state index contributed by atoms with van der Waals surface area (Å²) in [4.78, 5) is 22.6. The summed E-state index contributed by atoms with van der Waals surface area (Å²) in [7, 11) is -4.23. The third-order valence-corrected chi connectivity index (χ3v) is 3.85. The number of anilines is 1. The summed E-state index contributed by atoms with van der Waals surface area (Å²) < 4.78 is 23.4. The molecule has 0 fully saturated rings. The zero-order valence-corrected chi connectivity index (χ0v) is 12.6. The lowest BCUT2D eigenvalue weighted by Gasteiger charge is -2.07. The van der Waals surface area contributed by atoms with Gasteiger partial charge in [-0.05, 0) is 23.8 Å². The van der Waals surface area contributed by atoms with Gasteiger partial charge in [0.25, 0.3) is 0 Å². The number of carboxylic acids is 1. The minimum absolute atomic E-state index is 0.165. The summed E-state index contributed by atoms with van der Waals surface area (Å²) in [6.07, 6.45) is 1.07. The summed E-state index contributed by atoms with van der Waals surface area (Å²) in [6.45, 7) is -0.165. The second-order valence-electron chi connectivity index (χ2n) is 4.55. The molecule has 0 aliphatic rings. The highest BCUT2D eigenvalue weighted by Gasteiger charge is 2.22. The number of aromatic carboxylic acids is 1. The maximum atomic E-state index is 11.4. The van der Waals surface area contributed by atoms with Crippen molar-refractivity contribution in [2.75, 3.05) is 11.9 Å². The Morgan fingerprint density at radius 1 is 1.17 bits per heavy atom. The minimum Gasteiger partial charge on any atom is -0.477 e. The van der Waals surface area contributed by atoms with Gasteiger partial charge in [-0.2, -0.15) is 8.42 Å². The number of carbonyl (C=O) groups is 2. The van der Waals surface area contributed by atoms with Crippen molar-refractivity contribution in [2.45, 2.75) is 0 Å². The van der Waals surface area contributed by atoms with Crippen LogP contribution in [0.25, 0.3) is 11.1 Å². The van der Waals surface area contributed by atoms with Crippen molar-refractivity contribution in [2.24, 2.45) is 10.9 Å². The largest absolute Gasteiger partial charge is 0.477 e. The zero-order valence-electron chi connectivity index (χ0n) is 11.8. The van der Waals surface area contributed by atoms with Gasteiger partial charge in [-0.25, -0.2) is 13.9 Å². The molecule has 23 heavy (non-hydrogen) atoms. The molecule has 0 unspecified atom stereocenters. The number of nitrogens with two attached hydrogens (primary N) is 2. The first-order chi connectivity index (χ1) is 10.7. The molecular formula is C13H14N4O5S. The van der Waals surface area contributed by atoms with Gasteiger partial charge >= 0.3 is 16.2 Å². The van der Waals surface area contributed by atoms with E-state index in [0.717, 1.165) is 6.20 Å². The lowest BCUT2D eigenvalue weighted by Crippen LogP contribution is -2.24. The number of carboxylic acid groups (broad SMARTS) is 1. The molecule has 10 heteroatoms. The number of aromatic nitrogens is 1.